The summed E-state index contributed by atoms with van der Waals surface area (Å²) >= 11 is 6.18. The lowest BCUT2D eigenvalue weighted by molar-refractivity contribution is 0.0177. The Balaban J connectivity index is 1.64. The number of sulfonamides is 1. The Morgan fingerprint density at radius 1 is 1.26 bits per heavy atom. The molecule has 1 saturated carbocycles. The lowest BCUT2D eigenvalue weighted by Gasteiger charge is -2.50. The quantitative estimate of drug-likeness (QED) is 0.526. The minimum absolute atomic E-state index is 0.0368. The summed E-state index contributed by atoms with van der Waals surface area (Å²) in [5, 5.41) is -0.466. The van der Waals surface area contributed by atoms with Gasteiger partial charge in [0.1, 0.15) is 16.7 Å². The normalized spacial score (nSPS) is 23.5. The van der Waals surface area contributed by atoms with Gasteiger partial charge in [-0.3, -0.25) is 4.72 Å². The summed E-state index contributed by atoms with van der Waals surface area (Å²) in [5.41, 5.74) is 0.163. The third kappa shape index (κ3) is 3.85. The molecule has 1 spiro atoms. The van der Waals surface area contributed by atoms with E-state index in [1.165, 1.54) is 6.07 Å². The van der Waals surface area contributed by atoms with Gasteiger partial charge < -0.3 is 9.80 Å². The second-order valence-electron chi connectivity index (χ2n) is 8.34. The highest BCUT2D eigenvalue weighted by Gasteiger charge is 2.52. The van der Waals surface area contributed by atoms with Gasteiger partial charge in [-0.2, -0.15) is 4.39 Å². The molecule has 11 heteroatoms. The van der Waals surface area contributed by atoms with Gasteiger partial charge in [0.2, 0.25) is 5.95 Å². The Morgan fingerprint density at radius 2 is 2.00 bits per heavy atom. The maximum Gasteiger partial charge on any atom is 0.268 e. The van der Waals surface area contributed by atoms with Crippen LogP contribution in [0.4, 0.5) is 24.7 Å². The van der Waals surface area contributed by atoms with Gasteiger partial charge in [-0.15, -0.1) is 0 Å². The van der Waals surface area contributed by atoms with Crippen LogP contribution in [0.15, 0.2) is 29.2 Å². The first-order valence-corrected chi connectivity index (χ1v) is 11.6. The average Bonchev–Trinajstić information content (AvgIpc) is 3.10. The van der Waals surface area contributed by atoms with Crippen LogP contribution in [-0.2, 0) is 10.0 Å². The maximum atomic E-state index is 15.0. The van der Waals surface area contributed by atoms with Crippen molar-refractivity contribution in [3.63, 3.8) is 0 Å². The molecule has 2 unspecified atom stereocenters. The van der Waals surface area contributed by atoms with Crippen LogP contribution in [0.5, 0.6) is 0 Å². The molecule has 1 N–H and O–H groups in total. The van der Waals surface area contributed by atoms with E-state index >= 15 is 4.39 Å². The van der Waals surface area contributed by atoms with Crippen molar-refractivity contribution in [2.75, 3.05) is 36.8 Å². The van der Waals surface area contributed by atoms with Crippen LogP contribution in [0.1, 0.15) is 19.3 Å². The van der Waals surface area contributed by atoms with Crippen molar-refractivity contribution < 1.29 is 21.6 Å². The van der Waals surface area contributed by atoms with Crippen LogP contribution in [0.3, 0.4) is 0 Å². The number of pyridine rings is 1. The van der Waals surface area contributed by atoms with E-state index in [-0.39, 0.29) is 11.1 Å². The number of rotatable bonds is 5. The summed E-state index contributed by atoms with van der Waals surface area (Å²) < 4.78 is 70.2. The van der Waals surface area contributed by atoms with Gasteiger partial charge in [0.25, 0.3) is 10.0 Å². The van der Waals surface area contributed by atoms with Crippen LogP contribution in [0.25, 0.3) is 0 Å². The van der Waals surface area contributed by atoms with Gasteiger partial charge in [-0.25, -0.2) is 22.2 Å². The Bertz CT molecular complexity index is 1130. The summed E-state index contributed by atoms with van der Waals surface area (Å²) in [7, 11) is -0.700. The number of nitrogens with one attached hydrogen (secondary N) is 1. The fourth-order valence-electron chi connectivity index (χ4n) is 4.76. The van der Waals surface area contributed by atoms with Gasteiger partial charge in [0, 0.05) is 30.6 Å². The molecular weight excluding hydrogens is 453 g/mol. The molecule has 2 aromatic rings. The Kier molecular flexibility index (Phi) is 5.60. The number of halogens is 4. The molecule has 0 radical (unpaired) electrons. The van der Waals surface area contributed by atoms with E-state index in [4.69, 9.17) is 11.6 Å². The maximum absolute atomic E-state index is 15.0. The van der Waals surface area contributed by atoms with Crippen molar-refractivity contribution in [2.45, 2.75) is 30.2 Å². The Morgan fingerprint density at radius 3 is 2.61 bits per heavy atom. The molecule has 0 bridgehead atoms. The minimum Gasteiger partial charge on any atom is -0.370 e. The third-order valence-corrected chi connectivity index (χ3v) is 8.04. The number of anilines is 2. The molecule has 1 aliphatic carbocycles. The number of hydrogen-bond donors (Lipinski definition) is 1. The molecule has 6 nitrogen and oxygen atoms in total. The fraction of sp³-hybridized carbons (Fsp3) is 0.450. The highest BCUT2D eigenvalue weighted by molar-refractivity contribution is 7.92. The third-order valence-electron chi connectivity index (χ3n) is 6.29. The molecule has 2 heterocycles. The number of hydrogen-bond acceptors (Lipinski definition) is 5. The van der Waals surface area contributed by atoms with Crippen LogP contribution < -0.4 is 9.62 Å². The van der Waals surface area contributed by atoms with Crippen LogP contribution in [-0.4, -0.2) is 51.5 Å². The van der Waals surface area contributed by atoms with Crippen molar-refractivity contribution in [3.8, 4) is 0 Å². The summed E-state index contributed by atoms with van der Waals surface area (Å²) in [4.78, 5) is 6.10. The molecule has 1 aliphatic heterocycles. The molecule has 168 valence electrons. The molecule has 4 rings (SSSR count). The minimum atomic E-state index is -4.73. The molecule has 1 aromatic carbocycles. The predicted octanol–water partition coefficient (Wildman–Crippen LogP) is 3.87. The second-order valence-corrected chi connectivity index (χ2v) is 10.3. The lowest BCUT2D eigenvalue weighted by Crippen LogP contribution is -2.54. The van der Waals surface area contributed by atoms with Gasteiger partial charge in [-0.05, 0) is 45.5 Å². The molecule has 1 saturated heterocycles. The molecule has 2 fully saturated rings. The van der Waals surface area contributed by atoms with Crippen molar-refractivity contribution in [2.24, 2.45) is 5.41 Å². The zero-order chi connectivity index (χ0) is 22.6. The van der Waals surface area contributed by atoms with Crippen LogP contribution in [0.2, 0.25) is 5.02 Å². The van der Waals surface area contributed by atoms with E-state index < -0.39 is 43.3 Å². The summed E-state index contributed by atoms with van der Waals surface area (Å²) in [6.07, 6.45) is 2.95. The highest BCUT2D eigenvalue weighted by Crippen LogP contribution is 2.51. The van der Waals surface area contributed by atoms with Crippen molar-refractivity contribution >= 4 is 33.1 Å². The zero-order valence-corrected chi connectivity index (χ0v) is 18.6. The Labute approximate surface area is 184 Å². The van der Waals surface area contributed by atoms with Crippen LogP contribution in [0, 0.1) is 23.0 Å². The van der Waals surface area contributed by atoms with E-state index in [0.717, 1.165) is 37.5 Å². The SMILES string of the molecule is CN(C)C1CCC12CCN(c1cc(F)c(S(=O)(=O)Nc3cccc(F)n3)c(F)c1Cl)C2. The lowest BCUT2D eigenvalue weighted by atomic mass is 9.63. The largest absolute Gasteiger partial charge is 0.370 e. The van der Waals surface area contributed by atoms with Gasteiger partial charge in [-0.1, -0.05) is 17.7 Å². The highest BCUT2D eigenvalue weighted by atomic mass is 35.5. The van der Waals surface area contributed by atoms with E-state index in [9.17, 15) is 17.2 Å². The molecule has 2 atom stereocenters. The van der Waals surface area contributed by atoms with Gasteiger partial charge in [0.05, 0.1) is 5.69 Å². The fourth-order valence-corrected chi connectivity index (χ4v) is 6.23. The number of benzene rings is 1. The number of nitrogens with zero attached hydrogens (tertiary/aromatic N) is 3. The number of aromatic nitrogens is 1. The van der Waals surface area contributed by atoms with E-state index in [0.29, 0.717) is 19.1 Å². The van der Waals surface area contributed by atoms with E-state index in [1.54, 1.807) is 0 Å². The van der Waals surface area contributed by atoms with Crippen molar-refractivity contribution in [1.29, 1.82) is 0 Å². The summed E-state index contributed by atoms with van der Waals surface area (Å²) in [6, 6.07) is 4.72. The second kappa shape index (κ2) is 7.83. The van der Waals surface area contributed by atoms with Crippen molar-refractivity contribution in [1.82, 2.24) is 9.88 Å². The van der Waals surface area contributed by atoms with Crippen molar-refractivity contribution in [3.05, 3.63) is 46.9 Å². The molecule has 1 aromatic heterocycles. The molecule has 31 heavy (non-hydrogen) atoms. The summed E-state index contributed by atoms with van der Waals surface area (Å²) in [5.74, 6) is -4.01. The molecule has 0 amide bonds. The van der Waals surface area contributed by atoms with Crippen LogP contribution >= 0.6 is 11.6 Å². The predicted molar refractivity (Wildman–Crippen MR) is 112 cm³/mol. The molecular formula is C20H22ClF3N4O2S. The summed E-state index contributed by atoms with van der Waals surface area (Å²) in [6.45, 7) is 1.16. The Hall–Kier alpha value is -2.04. The van der Waals surface area contributed by atoms with Gasteiger partial charge >= 0.3 is 0 Å². The standard InChI is InChI=1S/C20H22ClF3N4O2S/c1-27(2)14-6-7-20(14)8-9-28(11-20)13-10-12(22)19(18(24)17(13)21)31(29,30)26-16-5-3-4-15(23)25-16/h3-5,10,14H,6-9,11H2,1-2H3,(H,25,26). The first-order chi connectivity index (χ1) is 14.5. The van der Waals surface area contributed by atoms with E-state index in [2.05, 4.69) is 9.88 Å². The smallest absolute Gasteiger partial charge is 0.268 e. The van der Waals surface area contributed by atoms with Gasteiger partial charge in [0.15, 0.2) is 10.7 Å². The monoisotopic (exact) mass is 474 g/mol. The zero-order valence-electron chi connectivity index (χ0n) is 17.0. The first-order valence-electron chi connectivity index (χ1n) is 9.78. The molecule has 2 aliphatic rings. The van der Waals surface area contributed by atoms with E-state index in [1.807, 2.05) is 23.7 Å². The first kappa shape index (κ1) is 22.2. The topological polar surface area (TPSA) is 65.5 Å². The average molecular weight is 475 g/mol.